The summed E-state index contributed by atoms with van der Waals surface area (Å²) in [5, 5.41) is 8.48. The van der Waals surface area contributed by atoms with E-state index in [4.69, 9.17) is 34.8 Å². The van der Waals surface area contributed by atoms with Crippen LogP contribution in [0.5, 0.6) is 0 Å². The summed E-state index contributed by atoms with van der Waals surface area (Å²) < 4.78 is 0. The highest BCUT2D eigenvalue weighted by Crippen LogP contribution is 2.31. The van der Waals surface area contributed by atoms with Gasteiger partial charge in [0.05, 0.1) is 17.1 Å². The number of fused-ring (bicyclic) bond motifs is 1. The van der Waals surface area contributed by atoms with Gasteiger partial charge in [-0.3, -0.25) is 4.98 Å². The number of nitrogens with zero attached hydrogens (tertiary/aromatic N) is 4. The molecule has 2 aromatic carbocycles. The van der Waals surface area contributed by atoms with E-state index >= 15 is 0 Å². The van der Waals surface area contributed by atoms with Crippen molar-refractivity contribution in [1.82, 2.24) is 15.0 Å². The summed E-state index contributed by atoms with van der Waals surface area (Å²) in [5.74, 6) is 1.79. The van der Waals surface area contributed by atoms with Gasteiger partial charge in [0.1, 0.15) is 11.6 Å². The fourth-order valence-electron chi connectivity index (χ4n) is 2.99. The Balaban J connectivity index is 1.58. The van der Waals surface area contributed by atoms with Gasteiger partial charge in [0.25, 0.3) is 0 Å². The average molecular weight is 435 g/mol. The van der Waals surface area contributed by atoms with Crippen molar-refractivity contribution < 1.29 is 0 Å². The smallest absolute Gasteiger partial charge is 0.228 e. The first-order valence-corrected chi connectivity index (χ1v) is 9.94. The number of nitrogens with one attached hydrogen (secondary N) is 2. The maximum Gasteiger partial charge on any atom is 0.228 e. The second-order valence-corrected chi connectivity index (χ2v) is 7.22. The molecule has 0 spiro atoms. The maximum atomic E-state index is 7.22. The number of pyridine rings is 1. The first-order valence-electron chi connectivity index (χ1n) is 9.18. The predicted octanol–water partition coefficient (Wildman–Crippen LogP) is 6.07. The van der Waals surface area contributed by atoms with Crippen molar-refractivity contribution >= 4 is 51.4 Å². The Morgan fingerprint density at radius 3 is 2.50 bits per heavy atom. The molecule has 8 heteroatoms. The van der Waals surface area contributed by atoms with E-state index in [0.29, 0.717) is 51.8 Å². The number of halogens is 2. The Bertz CT molecular complexity index is 1250. The van der Waals surface area contributed by atoms with Crippen LogP contribution in [-0.4, -0.2) is 28.0 Å². The summed E-state index contributed by atoms with van der Waals surface area (Å²) in [6, 6.07) is 16.5. The van der Waals surface area contributed by atoms with E-state index in [1.807, 2.05) is 30.3 Å². The first kappa shape index (κ1) is 19.9. The van der Waals surface area contributed by atoms with Crippen molar-refractivity contribution in [2.24, 2.45) is 0 Å². The molecule has 0 fully saturated rings. The third-order valence-corrected chi connectivity index (χ3v) is 4.94. The molecule has 2 heterocycles. The zero-order valence-electron chi connectivity index (χ0n) is 15.7. The SMILES string of the molecule is [C-]#[N+]c1cccnc1NCCNc1nc(-c2ccc(Cl)cc2Cl)nc2ccccc12. The van der Waals surface area contributed by atoms with Gasteiger partial charge in [0.2, 0.25) is 5.69 Å². The van der Waals surface area contributed by atoms with Crippen LogP contribution in [0.3, 0.4) is 0 Å². The lowest BCUT2D eigenvalue weighted by Crippen LogP contribution is -2.15. The van der Waals surface area contributed by atoms with Crippen LogP contribution >= 0.6 is 23.2 Å². The van der Waals surface area contributed by atoms with Gasteiger partial charge >= 0.3 is 0 Å². The average Bonchev–Trinajstić information content (AvgIpc) is 2.76. The number of para-hydroxylation sites is 1. The van der Waals surface area contributed by atoms with Gasteiger partial charge < -0.3 is 10.6 Å². The lowest BCUT2D eigenvalue weighted by Gasteiger charge is -2.13. The van der Waals surface area contributed by atoms with Crippen LogP contribution in [0.1, 0.15) is 0 Å². The molecule has 0 saturated heterocycles. The molecule has 0 aliphatic rings. The zero-order valence-corrected chi connectivity index (χ0v) is 17.2. The Kier molecular flexibility index (Phi) is 5.94. The van der Waals surface area contributed by atoms with E-state index in [1.165, 1.54) is 0 Å². The minimum absolute atomic E-state index is 0.490. The van der Waals surface area contributed by atoms with E-state index < -0.39 is 0 Å². The van der Waals surface area contributed by atoms with Crippen molar-refractivity contribution in [3.8, 4) is 11.4 Å². The summed E-state index contributed by atoms with van der Waals surface area (Å²) in [7, 11) is 0. The van der Waals surface area contributed by atoms with E-state index in [1.54, 1.807) is 30.5 Å². The van der Waals surface area contributed by atoms with E-state index in [0.717, 1.165) is 10.9 Å². The lowest BCUT2D eigenvalue weighted by molar-refractivity contribution is 1.05. The molecule has 30 heavy (non-hydrogen) atoms. The number of rotatable bonds is 6. The second kappa shape index (κ2) is 8.95. The molecule has 0 aliphatic heterocycles. The Morgan fingerprint density at radius 2 is 1.70 bits per heavy atom. The number of hydrogen-bond donors (Lipinski definition) is 2. The third kappa shape index (κ3) is 4.28. The molecule has 0 radical (unpaired) electrons. The second-order valence-electron chi connectivity index (χ2n) is 6.37. The van der Waals surface area contributed by atoms with Gasteiger partial charge in [0.15, 0.2) is 5.82 Å². The monoisotopic (exact) mass is 434 g/mol. The number of anilines is 2. The number of benzene rings is 2. The molecule has 0 unspecified atom stereocenters. The van der Waals surface area contributed by atoms with Gasteiger partial charge in [0, 0.05) is 35.3 Å². The van der Waals surface area contributed by atoms with Crippen molar-refractivity contribution in [2.75, 3.05) is 23.7 Å². The fraction of sp³-hybridized carbons (Fsp3) is 0.0909. The molecule has 0 amide bonds. The van der Waals surface area contributed by atoms with Gasteiger partial charge in [-0.1, -0.05) is 47.5 Å². The van der Waals surface area contributed by atoms with E-state index in [9.17, 15) is 0 Å². The van der Waals surface area contributed by atoms with Crippen LogP contribution in [0.4, 0.5) is 17.3 Å². The summed E-state index contributed by atoms with van der Waals surface area (Å²) in [4.78, 5) is 17.0. The number of aromatic nitrogens is 3. The molecule has 148 valence electrons. The van der Waals surface area contributed by atoms with Gasteiger partial charge in [-0.25, -0.2) is 14.8 Å². The molecule has 4 aromatic rings. The van der Waals surface area contributed by atoms with Crippen LogP contribution < -0.4 is 10.6 Å². The summed E-state index contributed by atoms with van der Waals surface area (Å²) in [6.45, 7) is 8.36. The topological polar surface area (TPSA) is 67.1 Å². The van der Waals surface area contributed by atoms with Gasteiger partial charge in [-0.2, -0.15) is 0 Å². The largest absolute Gasteiger partial charge is 0.377 e. The van der Waals surface area contributed by atoms with E-state index in [2.05, 4.69) is 25.4 Å². The Labute approximate surface area is 183 Å². The zero-order chi connectivity index (χ0) is 20.9. The quantitative estimate of drug-likeness (QED) is 0.284. The minimum atomic E-state index is 0.490. The van der Waals surface area contributed by atoms with Gasteiger partial charge in [-0.05, 0) is 30.3 Å². The normalized spacial score (nSPS) is 10.6. The van der Waals surface area contributed by atoms with Crippen molar-refractivity contribution in [2.45, 2.75) is 0 Å². The summed E-state index contributed by atoms with van der Waals surface area (Å²) in [6.07, 6.45) is 1.66. The molecular weight excluding hydrogens is 419 g/mol. The Hall–Kier alpha value is -3.40. The molecule has 0 aliphatic carbocycles. The van der Waals surface area contributed by atoms with Crippen LogP contribution in [-0.2, 0) is 0 Å². The van der Waals surface area contributed by atoms with Crippen LogP contribution in [0.15, 0.2) is 60.8 Å². The van der Waals surface area contributed by atoms with Gasteiger partial charge in [-0.15, -0.1) is 0 Å². The first-order chi connectivity index (χ1) is 14.7. The minimum Gasteiger partial charge on any atom is -0.377 e. The molecule has 0 bridgehead atoms. The predicted molar refractivity (Wildman–Crippen MR) is 122 cm³/mol. The van der Waals surface area contributed by atoms with Crippen LogP contribution in [0.25, 0.3) is 27.1 Å². The third-order valence-electron chi connectivity index (χ3n) is 4.39. The Morgan fingerprint density at radius 1 is 0.900 bits per heavy atom. The lowest BCUT2D eigenvalue weighted by atomic mass is 10.2. The van der Waals surface area contributed by atoms with E-state index in [-0.39, 0.29) is 0 Å². The molecule has 2 N–H and O–H groups in total. The van der Waals surface area contributed by atoms with Crippen molar-refractivity contribution in [1.29, 1.82) is 0 Å². The van der Waals surface area contributed by atoms with Crippen LogP contribution in [0.2, 0.25) is 10.0 Å². The molecule has 4 rings (SSSR count). The number of hydrogen-bond acceptors (Lipinski definition) is 5. The summed E-state index contributed by atoms with van der Waals surface area (Å²) >= 11 is 12.4. The van der Waals surface area contributed by atoms with Crippen LogP contribution in [0, 0.1) is 6.57 Å². The van der Waals surface area contributed by atoms with Crippen molar-refractivity contribution in [3.05, 3.63) is 82.3 Å². The highest BCUT2D eigenvalue weighted by Gasteiger charge is 2.12. The summed E-state index contributed by atoms with van der Waals surface area (Å²) in [5.41, 5.74) is 2.01. The standard InChI is InChI=1S/C22H16Cl2N6/c1-25-19-7-4-10-26-22(19)28-12-11-27-20-16-5-2-3-6-18(16)29-21(30-20)15-9-8-14(23)13-17(15)24/h2-10,13H,11-12H2,(H,26,28)(H,27,29,30). The maximum absolute atomic E-state index is 7.22. The molecule has 2 aromatic heterocycles. The molecular formula is C22H16Cl2N6. The highest BCUT2D eigenvalue weighted by atomic mass is 35.5. The highest BCUT2D eigenvalue weighted by molar-refractivity contribution is 6.36. The van der Waals surface area contributed by atoms with Crippen molar-refractivity contribution in [3.63, 3.8) is 0 Å². The fourth-order valence-corrected chi connectivity index (χ4v) is 3.48. The molecule has 0 atom stereocenters. The molecule has 0 saturated carbocycles. The molecule has 6 nitrogen and oxygen atoms in total.